The average molecular weight is 246 g/mol. The van der Waals surface area contributed by atoms with E-state index in [1.807, 2.05) is 37.3 Å². The first-order chi connectivity index (χ1) is 8.69. The number of allylic oxidation sites excluding steroid dienone is 1. The minimum Gasteiger partial charge on any atom is -0.370 e. The Morgan fingerprint density at radius 1 is 1.39 bits per heavy atom. The van der Waals surface area contributed by atoms with Gasteiger partial charge in [-0.3, -0.25) is 4.79 Å². The summed E-state index contributed by atoms with van der Waals surface area (Å²) in [4.78, 5) is 12.1. The molecule has 0 heterocycles. The predicted octanol–water partition coefficient (Wildman–Crippen LogP) is 3.80. The quantitative estimate of drug-likeness (QED) is 0.396. The number of unbranched alkanes of at least 4 members (excludes halogenated alkanes) is 1. The molecule has 2 heteroatoms. The first-order valence-electron chi connectivity index (χ1n) is 6.54. The Balaban J connectivity index is 2.48. The molecule has 0 amide bonds. The van der Waals surface area contributed by atoms with Gasteiger partial charge in [-0.15, -0.1) is 6.58 Å². The van der Waals surface area contributed by atoms with Crippen molar-refractivity contribution in [3.8, 4) is 0 Å². The van der Waals surface area contributed by atoms with Crippen LogP contribution in [-0.4, -0.2) is 18.5 Å². The number of benzene rings is 1. The second-order valence-corrected chi connectivity index (χ2v) is 4.36. The molecule has 0 N–H and O–H groups in total. The van der Waals surface area contributed by atoms with E-state index in [9.17, 15) is 4.79 Å². The predicted molar refractivity (Wildman–Crippen MR) is 75.0 cm³/mol. The van der Waals surface area contributed by atoms with Crippen LogP contribution in [0.3, 0.4) is 0 Å². The second-order valence-electron chi connectivity index (χ2n) is 4.36. The van der Waals surface area contributed by atoms with Crippen LogP contribution in [0.1, 0.15) is 42.6 Å². The highest BCUT2D eigenvalue weighted by Gasteiger charge is 2.15. The molecule has 0 bridgehead atoms. The van der Waals surface area contributed by atoms with Gasteiger partial charge in [-0.25, -0.2) is 0 Å². The van der Waals surface area contributed by atoms with Crippen molar-refractivity contribution >= 4 is 5.78 Å². The normalized spacial score (nSPS) is 12.1. The summed E-state index contributed by atoms with van der Waals surface area (Å²) in [5.74, 6) is 0.0521. The Bertz CT molecular complexity index is 379. The molecule has 0 aliphatic carbocycles. The fraction of sp³-hybridized carbons (Fsp3) is 0.438. The zero-order valence-corrected chi connectivity index (χ0v) is 11.3. The van der Waals surface area contributed by atoms with Crippen LogP contribution < -0.4 is 0 Å². The number of carbonyl (C=O) groups is 1. The molecule has 0 aromatic heterocycles. The van der Waals surface area contributed by atoms with E-state index in [0.717, 1.165) is 24.8 Å². The summed E-state index contributed by atoms with van der Waals surface area (Å²) in [6.45, 7) is 8.17. The highest BCUT2D eigenvalue weighted by molar-refractivity contribution is 5.99. The Labute approximate surface area is 110 Å². The monoisotopic (exact) mass is 246 g/mol. The van der Waals surface area contributed by atoms with E-state index >= 15 is 0 Å². The van der Waals surface area contributed by atoms with Gasteiger partial charge in [0, 0.05) is 12.2 Å². The van der Waals surface area contributed by atoms with Gasteiger partial charge in [0.1, 0.15) is 6.10 Å². The van der Waals surface area contributed by atoms with Crippen LogP contribution in [0.5, 0.6) is 0 Å². The Morgan fingerprint density at radius 3 is 2.61 bits per heavy atom. The van der Waals surface area contributed by atoms with Crippen LogP contribution in [0.4, 0.5) is 0 Å². The van der Waals surface area contributed by atoms with E-state index < -0.39 is 0 Å². The lowest BCUT2D eigenvalue weighted by atomic mass is 10.0. The van der Waals surface area contributed by atoms with E-state index in [2.05, 4.69) is 13.5 Å². The lowest BCUT2D eigenvalue weighted by Crippen LogP contribution is -2.21. The van der Waals surface area contributed by atoms with Crippen LogP contribution >= 0.6 is 0 Å². The fourth-order valence-corrected chi connectivity index (χ4v) is 1.70. The molecule has 2 nitrogen and oxygen atoms in total. The third-order valence-corrected chi connectivity index (χ3v) is 2.94. The lowest BCUT2D eigenvalue weighted by Gasteiger charge is -2.12. The lowest BCUT2D eigenvalue weighted by molar-refractivity contribution is 0.0471. The molecule has 1 aromatic rings. The second kappa shape index (κ2) is 7.83. The van der Waals surface area contributed by atoms with E-state index in [1.54, 1.807) is 0 Å². The van der Waals surface area contributed by atoms with E-state index in [-0.39, 0.29) is 11.9 Å². The molecular formula is C16H22O2. The van der Waals surface area contributed by atoms with Gasteiger partial charge in [0.25, 0.3) is 0 Å². The van der Waals surface area contributed by atoms with Gasteiger partial charge in [0.05, 0.1) is 0 Å². The summed E-state index contributed by atoms with van der Waals surface area (Å²) < 4.78 is 5.52. The molecule has 98 valence electrons. The molecule has 1 atom stereocenters. The van der Waals surface area contributed by atoms with Gasteiger partial charge in [0.15, 0.2) is 5.78 Å². The van der Waals surface area contributed by atoms with Gasteiger partial charge in [0.2, 0.25) is 0 Å². The molecule has 0 aliphatic heterocycles. The summed E-state index contributed by atoms with van der Waals surface area (Å²) >= 11 is 0. The maximum atomic E-state index is 12.1. The molecule has 0 radical (unpaired) electrons. The Morgan fingerprint density at radius 2 is 2.06 bits per heavy atom. The maximum Gasteiger partial charge on any atom is 0.191 e. The molecule has 1 aromatic carbocycles. The van der Waals surface area contributed by atoms with Gasteiger partial charge in [-0.1, -0.05) is 37.3 Å². The minimum atomic E-state index is -0.373. The van der Waals surface area contributed by atoms with E-state index in [1.165, 1.54) is 5.56 Å². The highest BCUT2D eigenvalue weighted by atomic mass is 16.5. The highest BCUT2D eigenvalue weighted by Crippen LogP contribution is 2.09. The number of ketones is 1. The third kappa shape index (κ3) is 4.46. The van der Waals surface area contributed by atoms with Crippen molar-refractivity contribution in [2.45, 2.75) is 39.2 Å². The number of rotatable bonds is 8. The maximum absolute atomic E-state index is 12.1. The van der Waals surface area contributed by atoms with Crippen molar-refractivity contribution in [2.24, 2.45) is 0 Å². The zero-order chi connectivity index (χ0) is 13.4. The van der Waals surface area contributed by atoms with E-state index in [4.69, 9.17) is 4.74 Å². The van der Waals surface area contributed by atoms with Crippen LogP contribution in [0.15, 0.2) is 36.9 Å². The largest absolute Gasteiger partial charge is 0.370 e. The third-order valence-electron chi connectivity index (χ3n) is 2.94. The van der Waals surface area contributed by atoms with Crippen LogP contribution in [0.25, 0.3) is 0 Å². The van der Waals surface area contributed by atoms with Crippen LogP contribution in [-0.2, 0) is 11.2 Å². The topological polar surface area (TPSA) is 26.3 Å². The molecule has 1 rings (SSSR count). The molecule has 0 aliphatic rings. The zero-order valence-electron chi connectivity index (χ0n) is 11.3. The Hall–Kier alpha value is -1.41. The molecule has 0 saturated carbocycles. The molecule has 1 unspecified atom stereocenters. The van der Waals surface area contributed by atoms with Crippen molar-refractivity contribution in [2.75, 3.05) is 6.61 Å². The molecule has 0 spiro atoms. The van der Waals surface area contributed by atoms with Gasteiger partial charge in [-0.2, -0.15) is 0 Å². The summed E-state index contributed by atoms with van der Waals surface area (Å²) in [6.07, 6.45) is 4.31. The number of Topliss-reactive ketones (excluding diaryl/α,β-unsaturated/α-hetero) is 1. The van der Waals surface area contributed by atoms with Gasteiger partial charge >= 0.3 is 0 Å². The van der Waals surface area contributed by atoms with Crippen LogP contribution in [0, 0.1) is 0 Å². The molecule has 0 saturated heterocycles. The number of hydrogen-bond acceptors (Lipinski definition) is 2. The smallest absolute Gasteiger partial charge is 0.191 e. The summed E-state index contributed by atoms with van der Waals surface area (Å²) in [5, 5.41) is 0. The number of hydrogen-bond donors (Lipinski definition) is 0. The van der Waals surface area contributed by atoms with Crippen molar-refractivity contribution in [3.63, 3.8) is 0 Å². The molecule has 18 heavy (non-hydrogen) atoms. The van der Waals surface area contributed by atoms with Crippen LogP contribution in [0.2, 0.25) is 0 Å². The number of ether oxygens (including phenoxy) is 1. The molecule has 0 fully saturated rings. The first kappa shape index (κ1) is 14.7. The number of aryl methyl sites for hydroxylation is 1. The summed E-state index contributed by atoms with van der Waals surface area (Å²) in [7, 11) is 0. The SMILES string of the molecule is C=CCCCOC(C)C(=O)c1ccc(CC)cc1. The van der Waals surface area contributed by atoms with Crippen molar-refractivity contribution in [1.29, 1.82) is 0 Å². The molecular weight excluding hydrogens is 224 g/mol. The summed E-state index contributed by atoms with van der Waals surface area (Å²) in [6, 6.07) is 7.75. The van der Waals surface area contributed by atoms with E-state index in [0.29, 0.717) is 6.61 Å². The number of carbonyl (C=O) groups excluding carboxylic acids is 1. The van der Waals surface area contributed by atoms with Crippen molar-refractivity contribution in [1.82, 2.24) is 0 Å². The Kier molecular flexibility index (Phi) is 6.37. The minimum absolute atomic E-state index is 0.0521. The van der Waals surface area contributed by atoms with Gasteiger partial charge < -0.3 is 4.74 Å². The van der Waals surface area contributed by atoms with Crippen molar-refractivity contribution < 1.29 is 9.53 Å². The standard InChI is InChI=1S/C16H22O2/c1-4-6-7-12-18-13(3)16(17)15-10-8-14(5-2)9-11-15/h4,8-11,13H,1,5-7,12H2,2-3H3. The first-order valence-corrected chi connectivity index (χ1v) is 6.54. The van der Waals surface area contributed by atoms with Gasteiger partial charge in [-0.05, 0) is 31.7 Å². The average Bonchev–Trinajstić information content (AvgIpc) is 2.42. The summed E-state index contributed by atoms with van der Waals surface area (Å²) in [5.41, 5.74) is 1.97. The fourth-order valence-electron chi connectivity index (χ4n) is 1.70. The van der Waals surface area contributed by atoms with Crippen molar-refractivity contribution in [3.05, 3.63) is 48.0 Å².